The number of aliphatic imine (C=N–C) groups is 1. The first-order chi connectivity index (χ1) is 13.7. The van der Waals surface area contributed by atoms with E-state index in [1.807, 2.05) is 12.1 Å². The molecular formula is C21H23N3O4. The lowest BCUT2D eigenvalue weighted by Gasteiger charge is -2.14. The van der Waals surface area contributed by atoms with Gasteiger partial charge in [-0.1, -0.05) is 12.8 Å². The van der Waals surface area contributed by atoms with Gasteiger partial charge in [-0.2, -0.15) is 0 Å². The molecule has 7 heteroatoms. The third-order valence-electron chi connectivity index (χ3n) is 5.00. The minimum Gasteiger partial charge on any atom is -0.504 e. The number of pyridine rings is 1. The number of hydrogen-bond donors (Lipinski definition) is 2. The molecule has 0 saturated carbocycles. The second-order valence-corrected chi connectivity index (χ2v) is 6.86. The van der Waals surface area contributed by atoms with Gasteiger partial charge < -0.3 is 19.6 Å². The van der Waals surface area contributed by atoms with Crippen LogP contribution in [0.3, 0.4) is 0 Å². The summed E-state index contributed by atoms with van der Waals surface area (Å²) < 4.78 is 11.2. The van der Waals surface area contributed by atoms with Crippen LogP contribution in [0.1, 0.15) is 66.1 Å². The molecule has 146 valence electrons. The number of carbonyl (C=O) groups excluding carboxylic acids is 1. The van der Waals surface area contributed by atoms with Crippen molar-refractivity contribution in [2.24, 2.45) is 4.99 Å². The predicted octanol–water partition coefficient (Wildman–Crippen LogP) is 4.02. The fourth-order valence-corrected chi connectivity index (χ4v) is 3.64. The normalized spacial score (nSPS) is 20.2. The van der Waals surface area contributed by atoms with E-state index in [9.17, 15) is 9.90 Å². The summed E-state index contributed by atoms with van der Waals surface area (Å²) in [5, 5.41) is 14.2. The average Bonchev–Trinajstić information content (AvgIpc) is 3.12. The minimum atomic E-state index is -0.573. The van der Waals surface area contributed by atoms with Gasteiger partial charge in [-0.15, -0.1) is 0 Å². The number of hydrogen-bond acceptors (Lipinski definition) is 7. The van der Waals surface area contributed by atoms with Gasteiger partial charge in [0, 0.05) is 23.5 Å². The highest BCUT2D eigenvalue weighted by molar-refractivity contribution is 6.21. The molecular weight excluding hydrogens is 358 g/mol. The van der Waals surface area contributed by atoms with Crippen LogP contribution in [0.5, 0.6) is 5.75 Å². The van der Waals surface area contributed by atoms with Gasteiger partial charge in [-0.25, -0.2) is 14.8 Å². The van der Waals surface area contributed by atoms with E-state index in [2.05, 4.69) is 15.3 Å². The number of nitrogens with one attached hydrogen (secondary N) is 1. The SMILES string of the molecule is CCOC(=O)c1c(C2CCCCCN2)oc(C=C2C=Nc3ncccc32)c1O. The van der Waals surface area contributed by atoms with E-state index in [0.717, 1.165) is 43.4 Å². The van der Waals surface area contributed by atoms with Crippen LogP contribution >= 0.6 is 0 Å². The summed E-state index contributed by atoms with van der Waals surface area (Å²) in [6.07, 6.45) is 9.12. The Labute approximate surface area is 163 Å². The molecule has 0 aliphatic carbocycles. The minimum absolute atomic E-state index is 0.106. The summed E-state index contributed by atoms with van der Waals surface area (Å²) in [6.45, 7) is 2.81. The van der Waals surface area contributed by atoms with Crippen LogP contribution < -0.4 is 5.32 Å². The number of furan rings is 1. The predicted molar refractivity (Wildman–Crippen MR) is 106 cm³/mol. The molecule has 0 amide bonds. The first-order valence-corrected chi connectivity index (χ1v) is 9.66. The molecule has 2 aliphatic heterocycles. The number of fused-ring (bicyclic) bond motifs is 1. The van der Waals surface area contributed by atoms with Gasteiger partial charge in [0.2, 0.25) is 0 Å². The maximum atomic E-state index is 12.5. The Bertz CT molecular complexity index is 937. The van der Waals surface area contributed by atoms with E-state index >= 15 is 0 Å². The second-order valence-electron chi connectivity index (χ2n) is 6.86. The zero-order valence-corrected chi connectivity index (χ0v) is 15.8. The van der Waals surface area contributed by atoms with E-state index in [0.29, 0.717) is 11.6 Å². The Hall–Kier alpha value is -2.93. The Morgan fingerprint density at radius 1 is 1.43 bits per heavy atom. The van der Waals surface area contributed by atoms with E-state index < -0.39 is 5.97 Å². The number of nitrogens with zero attached hydrogens (tertiary/aromatic N) is 2. The Morgan fingerprint density at radius 2 is 2.32 bits per heavy atom. The van der Waals surface area contributed by atoms with Crippen molar-refractivity contribution >= 4 is 29.7 Å². The van der Waals surface area contributed by atoms with Crippen molar-refractivity contribution in [2.75, 3.05) is 13.2 Å². The molecule has 2 aromatic rings. The molecule has 2 aromatic heterocycles. The third kappa shape index (κ3) is 3.45. The summed E-state index contributed by atoms with van der Waals surface area (Å²) in [7, 11) is 0. The lowest BCUT2D eigenvalue weighted by atomic mass is 10.0. The highest BCUT2D eigenvalue weighted by Crippen LogP contribution is 2.39. The number of aromatic nitrogens is 1. The van der Waals surface area contributed by atoms with Gasteiger partial charge in [0.25, 0.3) is 0 Å². The molecule has 2 N–H and O–H groups in total. The van der Waals surface area contributed by atoms with Crippen LogP contribution in [-0.4, -0.2) is 35.4 Å². The molecule has 28 heavy (non-hydrogen) atoms. The van der Waals surface area contributed by atoms with Crippen molar-refractivity contribution in [3.8, 4) is 5.75 Å². The maximum Gasteiger partial charge on any atom is 0.345 e. The number of ether oxygens (including phenoxy) is 1. The number of allylic oxidation sites excluding steroid dienone is 1. The van der Waals surface area contributed by atoms with Gasteiger partial charge in [-0.3, -0.25) is 0 Å². The van der Waals surface area contributed by atoms with E-state index in [1.165, 1.54) is 0 Å². The topological polar surface area (TPSA) is 97.0 Å². The third-order valence-corrected chi connectivity index (χ3v) is 5.00. The Balaban J connectivity index is 1.76. The van der Waals surface area contributed by atoms with Crippen molar-refractivity contribution in [3.63, 3.8) is 0 Å². The number of esters is 1. The first-order valence-electron chi connectivity index (χ1n) is 9.66. The van der Waals surface area contributed by atoms with Crippen molar-refractivity contribution in [2.45, 2.75) is 38.6 Å². The van der Waals surface area contributed by atoms with Gasteiger partial charge in [0.05, 0.1) is 12.6 Å². The summed E-state index contributed by atoms with van der Waals surface area (Å²) in [5.41, 5.74) is 1.72. The molecule has 1 saturated heterocycles. The highest BCUT2D eigenvalue weighted by Gasteiger charge is 2.31. The van der Waals surface area contributed by atoms with Crippen LogP contribution in [-0.2, 0) is 4.74 Å². The molecule has 0 spiro atoms. The van der Waals surface area contributed by atoms with E-state index in [1.54, 1.807) is 25.4 Å². The lowest BCUT2D eigenvalue weighted by Crippen LogP contribution is -2.22. The number of aromatic hydroxyl groups is 1. The van der Waals surface area contributed by atoms with Gasteiger partial charge >= 0.3 is 5.97 Å². The number of carbonyl (C=O) groups is 1. The monoisotopic (exact) mass is 381 g/mol. The fourth-order valence-electron chi connectivity index (χ4n) is 3.64. The van der Waals surface area contributed by atoms with Crippen molar-refractivity contribution in [1.29, 1.82) is 0 Å². The average molecular weight is 381 g/mol. The van der Waals surface area contributed by atoms with Crippen molar-refractivity contribution in [3.05, 3.63) is 41.0 Å². The lowest BCUT2D eigenvalue weighted by molar-refractivity contribution is 0.0519. The first kappa shape index (κ1) is 18.4. The van der Waals surface area contributed by atoms with Crippen molar-refractivity contribution in [1.82, 2.24) is 10.3 Å². The molecule has 1 fully saturated rings. The quantitative estimate of drug-likeness (QED) is 0.777. The Morgan fingerprint density at radius 3 is 3.18 bits per heavy atom. The summed E-state index contributed by atoms with van der Waals surface area (Å²) in [6, 6.07) is 3.60. The van der Waals surface area contributed by atoms with Gasteiger partial charge in [-0.05, 0) is 44.5 Å². The van der Waals surface area contributed by atoms with Gasteiger partial charge in [0.15, 0.2) is 17.3 Å². The largest absolute Gasteiger partial charge is 0.504 e. The molecule has 0 radical (unpaired) electrons. The molecule has 4 heterocycles. The molecule has 0 aromatic carbocycles. The van der Waals surface area contributed by atoms with Crippen LogP contribution in [0.15, 0.2) is 27.7 Å². The van der Waals surface area contributed by atoms with Crippen LogP contribution in [0, 0.1) is 0 Å². The summed E-state index contributed by atoms with van der Waals surface area (Å²) >= 11 is 0. The molecule has 1 atom stereocenters. The fraction of sp³-hybridized carbons (Fsp3) is 0.381. The second kappa shape index (κ2) is 7.98. The zero-order valence-electron chi connectivity index (χ0n) is 15.8. The van der Waals surface area contributed by atoms with Crippen LogP contribution in [0.4, 0.5) is 5.82 Å². The maximum absolute atomic E-state index is 12.5. The Kier molecular flexibility index (Phi) is 5.25. The molecule has 2 aliphatic rings. The molecule has 0 bridgehead atoms. The van der Waals surface area contributed by atoms with Crippen LogP contribution in [0.25, 0.3) is 11.6 Å². The van der Waals surface area contributed by atoms with Gasteiger partial charge in [0.1, 0.15) is 11.3 Å². The van der Waals surface area contributed by atoms with E-state index in [4.69, 9.17) is 9.15 Å². The van der Waals surface area contributed by atoms with Crippen molar-refractivity contribution < 1.29 is 19.1 Å². The zero-order chi connectivity index (χ0) is 19.5. The van der Waals surface area contributed by atoms with Crippen LogP contribution in [0.2, 0.25) is 0 Å². The highest BCUT2D eigenvalue weighted by atomic mass is 16.5. The molecule has 4 rings (SSSR count). The standard InChI is InChI=1S/C21H23N3O4/c1-2-27-21(26)17-18(25)16(28-19(17)15-8-4-3-5-9-22-15)11-13-12-24-20-14(13)7-6-10-23-20/h6-7,10-12,15,22,25H,2-5,8-9H2,1H3. The smallest absolute Gasteiger partial charge is 0.345 e. The molecule has 1 unspecified atom stereocenters. The molecule has 7 nitrogen and oxygen atoms in total. The summed E-state index contributed by atoms with van der Waals surface area (Å²) in [5.74, 6) is 0.513. The number of rotatable bonds is 4. The van der Waals surface area contributed by atoms with E-state index in [-0.39, 0.29) is 29.7 Å². The summed E-state index contributed by atoms with van der Waals surface area (Å²) in [4.78, 5) is 21.0.